The number of hydrogen-bond donors (Lipinski definition) is 4. The summed E-state index contributed by atoms with van der Waals surface area (Å²) in [6, 6.07) is 5.32. The number of thiazole rings is 1. The van der Waals surface area contributed by atoms with Gasteiger partial charge in [0.05, 0.1) is 31.6 Å². The molecule has 2 aliphatic carbocycles. The number of fused-ring (bicyclic) bond motifs is 2. The molecule has 1 aliphatic heterocycles. The zero-order valence-electron chi connectivity index (χ0n) is 23.1. The van der Waals surface area contributed by atoms with Gasteiger partial charge in [-0.3, -0.25) is 19.8 Å². The second-order valence-corrected chi connectivity index (χ2v) is 12.9. The maximum Gasteiger partial charge on any atom is 0.257 e. The summed E-state index contributed by atoms with van der Waals surface area (Å²) in [7, 11) is 0. The van der Waals surface area contributed by atoms with Gasteiger partial charge in [-0.15, -0.1) is 11.3 Å². The fraction of sp³-hybridized carbons (Fsp3) is 0.621. The average molecular weight is 575 g/mol. The van der Waals surface area contributed by atoms with Gasteiger partial charge < -0.3 is 20.3 Å². The van der Waals surface area contributed by atoms with Gasteiger partial charge in [-0.1, -0.05) is 13.8 Å². The van der Waals surface area contributed by atoms with E-state index in [0.29, 0.717) is 49.7 Å². The number of anilines is 1. The molecule has 2 fully saturated rings. The van der Waals surface area contributed by atoms with Gasteiger partial charge in [-0.2, -0.15) is 0 Å². The van der Waals surface area contributed by atoms with Crippen LogP contribution >= 0.6 is 11.3 Å². The van der Waals surface area contributed by atoms with Crippen molar-refractivity contribution in [2.75, 3.05) is 51.3 Å². The quantitative estimate of drug-likeness (QED) is 0.382. The third-order valence-electron chi connectivity index (χ3n) is 9.46. The Bertz CT molecular complexity index is 1220. The van der Waals surface area contributed by atoms with Gasteiger partial charge in [0.2, 0.25) is 5.91 Å². The number of aromatic nitrogens is 1. The predicted molar refractivity (Wildman–Crippen MR) is 150 cm³/mol. The van der Waals surface area contributed by atoms with Gasteiger partial charge in [0.1, 0.15) is 5.82 Å². The highest BCUT2D eigenvalue weighted by molar-refractivity contribution is 7.15. The molecule has 4 N–H and O–H groups in total. The summed E-state index contributed by atoms with van der Waals surface area (Å²) in [5.41, 5.74) is 0.0232. The van der Waals surface area contributed by atoms with E-state index in [1.54, 1.807) is 0 Å². The molecule has 2 heterocycles. The molecule has 9 nitrogen and oxygen atoms in total. The van der Waals surface area contributed by atoms with Gasteiger partial charge in [0.15, 0.2) is 5.13 Å². The van der Waals surface area contributed by atoms with Gasteiger partial charge in [0.25, 0.3) is 5.91 Å². The fourth-order valence-corrected chi connectivity index (χ4v) is 7.97. The zero-order valence-corrected chi connectivity index (χ0v) is 23.9. The second-order valence-electron chi connectivity index (χ2n) is 11.8. The van der Waals surface area contributed by atoms with Crippen LogP contribution in [0.4, 0.5) is 9.52 Å². The van der Waals surface area contributed by atoms with Crippen molar-refractivity contribution in [1.29, 1.82) is 0 Å². The molecular formula is C29H39FN4O5S. The van der Waals surface area contributed by atoms with Gasteiger partial charge in [0, 0.05) is 54.4 Å². The van der Waals surface area contributed by atoms with Crippen LogP contribution in [0.2, 0.25) is 0 Å². The topological polar surface area (TPSA) is 124 Å². The second kappa shape index (κ2) is 11.8. The summed E-state index contributed by atoms with van der Waals surface area (Å²) in [5, 5.41) is 27.8. The number of rotatable bonds is 8. The largest absolute Gasteiger partial charge is 0.396 e. The van der Waals surface area contributed by atoms with Crippen molar-refractivity contribution in [3.63, 3.8) is 0 Å². The smallest absolute Gasteiger partial charge is 0.257 e. The molecule has 2 amide bonds. The van der Waals surface area contributed by atoms with E-state index in [9.17, 15) is 24.2 Å². The maximum absolute atomic E-state index is 13.3. The molecule has 218 valence electrons. The molecule has 0 bridgehead atoms. The number of carbonyl (C=O) groups is 2. The first-order chi connectivity index (χ1) is 19.1. The summed E-state index contributed by atoms with van der Waals surface area (Å²) >= 11 is 1.37. The minimum atomic E-state index is -0.725. The summed E-state index contributed by atoms with van der Waals surface area (Å²) < 4.78 is 18.7. The molecule has 0 spiro atoms. The number of hydrogen-bond acceptors (Lipinski definition) is 8. The number of nitrogens with one attached hydrogen (secondary N) is 2. The van der Waals surface area contributed by atoms with Crippen LogP contribution in [0.15, 0.2) is 24.3 Å². The molecule has 1 saturated heterocycles. The normalized spacial score (nSPS) is 30.3. The maximum atomic E-state index is 13.3. The molecule has 40 heavy (non-hydrogen) atoms. The van der Waals surface area contributed by atoms with Crippen molar-refractivity contribution in [3.8, 4) is 0 Å². The van der Waals surface area contributed by atoms with E-state index in [4.69, 9.17) is 9.72 Å². The molecular weight excluding hydrogens is 535 g/mol. The van der Waals surface area contributed by atoms with E-state index in [1.165, 1.54) is 35.6 Å². The zero-order chi connectivity index (χ0) is 28.5. The van der Waals surface area contributed by atoms with Crippen LogP contribution < -0.4 is 10.6 Å². The molecule has 5 atom stereocenters. The first-order valence-electron chi connectivity index (χ1n) is 14.1. The number of benzene rings is 1. The third kappa shape index (κ3) is 5.67. The average Bonchev–Trinajstić information content (AvgIpc) is 3.35. The highest BCUT2D eigenvalue weighted by Crippen LogP contribution is 2.62. The van der Waals surface area contributed by atoms with Gasteiger partial charge in [-0.25, -0.2) is 9.37 Å². The van der Waals surface area contributed by atoms with Crippen molar-refractivity contribution < 1.29 is 28.9 Å². The Hall–Kier alpha value is -2.44. The molecule has 11 heteroatoms. The molecule has 1 saturated carbocycles. The molecule has 5 rings (SSSR count). The molecule has 0 radical (unpaired) electrons. The molecule has 2 aromatic rings. The van der Waals surface area contributed by atoms with Crippen molar-refractivity contribution in [3.05, 3.63) is 46.2 Å². The lowest BCUT2D eigenvalue weighted by molar-refractivity contribution is -0.144. The fourth-order valence-electron chi connectivity index (χ4n) is 6.91. The third-order valence-corrected chi connectivity index (χ3v) is 10.5. The van der Waals surface area contributed by atoms with E-state index >= 15 is 0 Å². The number of nitrogens with zero attached hydrogens (tertiary/aromatic N) is 2. The number of amides is 2. The Labute approximate surface area is 238 Å². The Morgan fingerprint density at radius 2 is 1.95 bits per heavy atom. The van der Waals surface area contributed by atoms with E-state index in [2.05, 4.69) is 22.5 Å². The first kappa shape index (κ1) is 29.1. The lowest BCUT2D eigenvalue weighted by Gasteiger charge is -2.58. The first-order valence-corrected chi connectivity index (χ1v) is 14.9. The lowest BCUT2D eigenvalue weighted by atomic mass is 9.47. The number of halogens is 1. The van der Waals surface area contributed by atoms with Crippen molar-refractivity contribution in [1.82, 2.24) is 15.2 Å². The van der Waals surface area contributed by atoms with Gasteiger partial charge in [-0.05, 0) is 54.9 Å². The van der Waals surface area contributed by atoms with Crippen LogP contribution in [-0.4, -0.2) is 84.0 Å². The Kier molecular flexibility index (Phi) is 8.58. The number of aliphatic hydroxyl groups is 2. The van der Waals surface area contributed by atoms with Crippen LogP contribution in [0, 0.1) is 22.6 Å². The molecule has 1 aromatic carbocycles. The van der Waals surface area contributed by atoms with Crippen molar-refractivity contribution >= 4 is 28.3 Å². The van der Waals surface area contributed by atoms with Crippen LogP contribution in [-0.2, 0) is 16.0 Å². The minimum Gasteiger partial charge on any atom is -0.396 e. The Morgan fingerprint density at radius 3 is 2.65 bits per heavy atom. The minimum absolute atomic E-state index is 0.0622. The lowest BCUT2D eigenvalue weighted by Crippen LogP contribution is -2.57. The Balaban J connectivity index is 1.38. The highest BCUT2D eigenvalue weighted by atomic mass is 32.1. The number of morpholine rings is 1. The van der Waals surface area contributed by atoms with Crippen LogP contribution in [0.1, 0.15) is 60.0 Å². The highest BCUT2D eigenvalue weighted by Gasteiger charge is 2.59. The van der Waals surface area contributed by atoms with Gasteiger partial charge >= 0.3 is 0 Å². The summed E-state index contributed by atoms with van der Waals surface area (Å²) in [6.07, 6.45) is 1.42. The summed E-state index contributed by atoms with van der Waals surface area (Å²) in [5.74, 6) is -1.18. The van der Waals surface area contributed by atoms with Crippen LogP contribution in [0.3, 0.4) is 0 Å². The van der Waals surface area contributed by atoms with Crippen LogP contribution in [0.5, 0.6) is 0 Å². The summed E-state index contributed by atoms with van der Waals surface area (Å²) in [4.78, 5) is 34.2. The molecule has 3 aliphatic rings. The van der Waals surface area contributed by atoms with E-state index in [0.717, 1.165) is 30.2 Å². The SMILES string of the molecule is CC1(CO)C(O)CCC2(C)C(CC(=O)NCCN3CCOCC3)c3nc(NC(=O)c4ccc(F)cc4)sc3CC12. The summed E-state index contributed by atoms with van der Waals surface area (Å²) in [6.45, 7) is 8.36. The van der Waals surface area contributed by atoms with Crippen LogP contribution in [0.25, 0.3) is 0 Å². The van der Waals surface area contributed by atoms with E-state index < -0.39 is 17.3 Å². The molecule has 1 aromatic heterocycles. The van der Waals surface area contributed by atoms with Crippen molar-refractivity contribution in [2.24, 2.45) is 16.7 Å². The number of carbonyl (C=O) groups excluding carboxylic acids is 2. The standard InChI is InChI=1S/C29H39FN4O5S/c1-28-8-7-23(36)29(2,17-35)22(28)16-21-25(20(28)15-24(37)31-9-10-34-11-13-39-14-12-34)32-27(40-21)33-26(38)18-3-5-19(30)6-4-18/h3-6,20,22-23,35-36H,7-17H2,1-2H3,(H,31,37)(H,32,33,38). The monoisotopic (exact) mass is 574 g/mol. The van der Waals surface area contributed by atoms with Crippen molar-refractivity contribution in [2.45, 2.75) is 51.6 Å². The number of ether oxygens (including phenoxy) is 1. The predicted octanol–water partition coefficient (Wildman–Crippen LogP) is 2.79. The molecule has 5 unspecified atom stereocenters. The van der Waals surface area contributed by atoms with E-state index in [1.807, 2.05) is 6.92 Å². The van der Waals surface area contributed by atoms with E-state index in [-0.39, 0.29) is 42.1 Å². The Morgan fingerprint density at radius 1 is 1.23 bits per heavy atom. The number of aliphatic hydroxyl groups excluding tert-OH is 2.